The van der Waals surface area contributed by atoms with Gasteiger partial charge in [0.1, 0.15) is 11.3 Å². The van der Waals surface area contributed by atoms with E-state index in [0.29, 0.717) is 31.8 Å². The number of aliphatic hydroxyl groups is 1. The summed E-state index contributed by atoms with van der Waals surface area (Å²) in [5, 5.41) is 12.2. The van der Waals surface area contributed by atoms with Crippen molar-refractivity contribution in [3.63, 3.8) is 0 Å². The minimum atomic E-state index is -1.10. The lowest BCUT2D eigenvalue weighted by molar-refractivity contribution is -0.160. The van der Waals surface area contributed by atoms with Gasteiger partial charge >= 0.3 is 0 Å². The zero-order valence-electron chi connectivity index (χ0n) is 20.0. The fraction of sp³-hybridized carbons (Fsp3) is 0.667. The third-order valence-electron chi connectivity index (χ3n) is 8.92. The Morgan fingerprint density at radius 3 is 2.65 bits per heavy atom. The van der Waals surface area contributed by atoms with Gasteiger partial charge in [0.2, 0.25) is 5.91 Å². The summed E-state index contributed by atoms with van der Waals surface area (Å²) in [5.41, 5.74) is -1.79. The van der Waals surface area contributed by atoms with Gasteiger partial charge in [-0.2, -0.15) is 0 Å². The molecule has 2 aliphatic carbocycles. The molecule has 2 heterocycles. The molecule has 3 aliphatic rings. The van der Waals surface area contributed by atoms with Crippen LogP contribution in [0.1, 0.15) is 77.0 Å². The zero-order valence-corrected chi connectivity index (χ0v) is 20.0. The fourth-order valence-corrected chi connectivity index (χ4v) is 6.82. The maximum absolute atomic E-state index is 14.1. The molecular weight excluding hydrogens is 433 g/mol. The second kappa shape index (κ2) is 9.40. The quantitative estimate of drug-likeness (QED) is 0.703. The van der Waals surface area contributed by atoms with Crippen molar-refractivity contribution < 1.29 is 14.3 Å². The Morgan fingerprint density at radius 2 is 1.88 bits per heavy atom. The van der Waals surface area contributed by atoms with Gasteiger partial charge in [-0.15, -0.1) is 0 Å². The lowest BCUT2D eigenvalue weighted by Gasteiger charge is -2.52. The predicted octanol–water partition coefficient (Wildman–Crippen LogP) is 4.42. The number of hydrogen-bond acceptors (Lipinski definition) is 4. The van der Waals surface area contributed by atoms with Gasteiger partial charge in [-0.05, 0) is 43.7 Å². The number of aromatic nitrogens is 2. The Morgan fingerprint density at radius 1 is 1.12 bits per heavy atom. The van der Waals surface area contributed by atoms with Crippen LogP contribution in [0.2, 0.25) is 0 Å². The monoisotopic (exact) mass is 469 g/mol. The number of para-hydroxylation sites is 1. The summed E-state index contributed by atoms with van der Waals surface area (Å²) in [6.45, 7) is 1.18. The van der Waals surface area contributed by atoms with E-state index >= 15 is 0 Å². The molecule has 1 aromatic carbocycles. The van der Waals surface area contributed by atoms with Gasteiger partial charge in [0.05, 0.1) is 23.9 Å². The molecule has 1 amide bonds. The summed E-state index contributed by atoms with van der Waals surface area (Å²) < 4.78 is 15.5. The number of piperidine rings is 1. The van der Waals surface area contributed by atoms with Crippen LogP contribution in [0.3, 0.4) is 0 Å². The summed E-state index contributed by atoms with van der Waals surface area (Å²) in [5.74, 6) is 0.365. The number of hydrogen-bond donors (Lipinski definition) is 1. The number of fused-ring (bicyclic) bond motifs is 1. The molecular formula is C27H36FN3O3. The van der Waals surface area contributed by atoms with Crippen LogP contribution in [0.5, 0.6) is 0 Å². The van der Waals surface area contributed by atoms with Crippen molar-refractivity contribution in [2.24, 2.45) is 11.3 Å². The maximum atomic E-state index is 14.1. The third kappa shape index (κ3) is 4.28. The van der Waals surface area contributed by atoms with Crippen molar-refractivity contribution in [1.82, 2.24) is 14.5 Å². The van der Waals surface area contributed by atoms with Crippen LogP contribution in [-0.2, 0) is 11.3 Å². The van der Waals surface area contributed by atoms with Gasteiger partial charge in [0.25, 0.3) is 5.56 Å². The Labute approximate surface area is 200 Å². The summed E-state index contributed by atoms with van der Waals surface area (Å²) in [7, 11) is 0. The van der Waals surface area contributed by atoms with E-state index in [2.05, 4.69) is 4.98 Å². The molecule has 184 valence electrons. The topological polar surface area (TPSA) is 75.4 Å². The van der Waals surface area contributed by atoms with E-state index in [1.54, 1.807) is 6.07 Å². The Hall–Kier alpha value is -2.28. The highest BCUT2D eigenvalue weighted by Gasteiger charge is 2.55. The SMILES string of the molecule is O=C(CCC1CCCCC1)N1CCC(O)(Cn2cnc3c(F)cccc3c2=O)C2(CCCC2)C1. The van der Waals surface area contributed by atoms with Gasteiger partial charge in [-0.3, -0.25) is 14.2 Å². The van der Waals surface area contributed by atoms with Gasteiger partial charge in [-0.1, -0.05) is 51.0 Å². The van der Waals surface area contributed by atoms with Crippen LogP contribution in [0.25, 0.3) is 10.9 Å². The van der Waals surface area contributed by atoms with Crippen molar-refractivity contribution in [1.29, 1.82) is 0 Å². The Bertz CT molecular complexity index is 1100. The molecule has 34 heavy (non-hydrogen) atoms. The molecule has 3 fully saturated rings. The number of halogens is 1. The normalized spacial score (nSPS) is 25.3. The molecule has 5 rings (SSSR count). The standard InChI is InChI=1S/C27H36FN3O3/c28-22-10-6-9-21-24(22)29-19-31(25(21)33)18-27(34)15-16-30(17-26(27)13-4-5-14-26)23(32)12-11-20-7-2-1-3-8-20/h6,9-10,19-20,34H,1-5,7-8,11-18H2. The van der Waals surface area contributed by atoms with Crippen molar-refractivity contribution in [2.45, 2.75) is 89.2 Å². The highest BCUT2D eigenvalue weighted by molar-refractivity contribution is 5.78. The first-order valence-corrected chi connectivity index (χ1v) is 13.0. The number of nitrogens with zero attached hydrogens (tertiary/aromatic N) is 3. The number of likely N-dealkylation sites (tertiary alicyclic amines) is 1. The molecule has 1 unspecified atom stereocenters. The number of amides is 1. The second-order valence-electron chi connectivity index (χ2n) is 10.9. The van der Waals surface area contributed by atoms with Crippen LogP contribution >= 0.6 is 0 Å². The second-order valence-corrected chi connectivity index (χ2v) is 10.9. The van der Waals surface area contributed by atoms with E-state index in [0.717, 1.165) is 32.1 Å². The number of rotatable bonds is 5. The van der Waals surface area contributed by atoms with Crippen LogP contribution in [-0.4, -0.2) is 44.2 Å². The molecule has 2 saturated carbocycles. The average Bonchev–Trinajstić information content (AvgIpc) is 3.32. The van der Waals surface area contributed by atoms with Crippen LogP contribution < -0.4 is 5.56 Å². The summed E-state index contributed by atoms with van der Waals surface area (Å²) in [6.07, 6.45) is 13.5. The van der Waals surface area contributed by atoms with E-state index in [-0.39, 0.29) is 28.9 Å². The van der Waals surface area contributed by atoms with Gasteiger partial charge in [0.15, 0.2) is 0 Å². The zero-order chi connectivity index (χ0) is 23.8. The minimum Gasteiger partial charge on any atom is -0.387 e. The van der Waals surface area contributed by atoms with Crippen molar-refractivity contribution in [3.8, 4) is 0 Å². The molecule has 1 atom stereocenters. The first-order valence-electron chi connectivity index (χ1n) is 13.0. The van der Waals surface area contributed by atoms with Crippen LogP contribution in [0.15, 0.2) is 29.3 Å². The van der Waals surface area contributed by atoms with Crippen molar-refractivity contribution >= 4 is 16.8 Å². The van der Waals surface area contributed by atoms with Crippen LogP contribution in [0.4, 0.5) is 4.39 Å². The summed E-state index contributed by atoms with van der Waals surface area (Å²) in [4.78, 5) is 32.4. The molecule has 6 nitrogen and oxygen atoms in total. The maximum Gasteiger partial charge on any atom is 0.261 e. The van der Waals surface area contributed by atoms with Crippen LogP contribution in [0, 0.1) is 17.2 Å². The average molecular weight is 470 g/mol. The van der Waals surface area contributed by atoms with E-state index in [9.17, 15) is 19.1 Å². The van der Waals surface area contributed by atoms with E-state index in [1.807, 2.05) is 4.90 Å². The number of carbonyl (C=O) groups is 1. The van der Waals surface area contributed by atoms with Gasteiger partial charge in [0, 0.05) is 24.9 Å². The molecule has 1 aliphatic heterocycles. The van der Waals surface area contributed by atoms with E-state index in [4.69, 9.17) is 0 Å². The number of benzene rings is 1. The molecule has 0 bridgehead atoms. The van der Waals surface area contributed by atoms with Crippen molar-refractivity contribution in [3.05, 3.63) is 40.7 Å². The highest BCUT2D eigenvalue weighted by Crippen LogP contribution is 2.51. The summed E-state index contributed by atoms with van der Waals surface area (Å²) in [6, 6.07) is 4.38. The lowest BCUT2D eigenvalue weighted by Crippen LogP contribution is -2.62. The fourth-order valence-electron chi connectivity index (χ4n) is 6.82. The van der Waals surface area contributed by atoms with E-state index < -0.39 is 16.8 Å². The van der Waals surface area contributed by atoms with Gasteiger partial charge in [-0.25, -0.2) is 9.37 Å². The van der Waals surface area contributed by atoms with E-state index in [1.165, 1.54) is 55.1 Å². The third-order valence-corrected chi connectivity index (χ3v) is 8.92. The summed E-state index contributed by atoms with van der Waals surface area (Å²) >= 11 is 0. The molecule has 1 saturated heterocycles. The smallest absolute Gasteiger partial charge is 0.261 e. The number of carbonyl (C=O) groups excluding carboxylic acids is 1. The lowest BCUT2D eigenvalue weighted by atomic mass is 9.65. The molecule has 7 heteroatoms. The molecule has 1 spiro atoms. The molecule has 1 aromatic heterocycles. The molecule has 2 aromatic rings. The van der Waals surface area contributed by atoms with Crippen molar-refractivity contribution in [2.75, 3.05) is 13.1 Å². The Kier molecular flexibility index (Phi) is 6.49. The first-order chi connectivity index (χ1) is 16.4. The minimum absolute atomic E-state index is 0.0599. The molecule has 0 radical (unpaired) electrons. The van der Waals surface area contributed by atoms with Gasteiger partial charge < -0.3 is 10.0 Å². The first kappa shape index (κ1) is 23.5. The Balaban J connectivity index is 1.33. The molecule has 1 N–H and O–H groups in total. The highest BCUT2D eigenvalue weighted by atomic mass is 19.1. The predicted molar refractivity (Wildman–Crippen MR) is 129 cm³/mol. The largest absolute Gasteiger partial charge is 0.387 e.